The molecule has 0 atom stereocenters. The van der Waals surface area contributed by atoms with Gasteiger partial charge < -0.3 is 15.2 Å². The lowest BCUT2D eigenvalue weighted by Gasteiger charge is -2.16. The summed E-state index contributed by atoms with van der Waals surface area (Å²) in [6, 6.07) is 2.78. The third-order valence-electron chi connectivity index (χ3n) is 2.27. The van der Waals surface area contributed by atoms with Crippen LogP contribution in [0.5, 0.6) is 11.5 Å². The van der Waals surface area contributed by atoms with Gasteiger partial charge in [0.15, 0.2) is 0 Å². The molecule has 0 fully saturated rings. The van der Waals surface area contributed by atoms with Gasteiger partial charge in [0.1, 0.15) is 16.4 Å². The third kappa shape index (κ3) is 2.45. The predicted octanol–water partition coefficient (Wildman–Crippen LogP) is 0.536. The first-order valence-corrected chi connectivity index (χ1v) is 6.22. The van der Waals surface area contributed by atoms with Crippen molar-refractivity contribution >= 4 is 15.7 Å². The SMILES string of the molecule is COc1cc(S(=O)(=O)N(C)C)c(OC)cc1N. The molecule has 7 heteroatoms. The van der Waals surface area contributed by atoms with Gasteiger partial charge in [0, 0.05) is 26.2 Å². The molecular formula is C10H16N2O4S. The maximum Gasteiger partial charge on any atom is 0.246 e. The third-order valence-corrected chi connectivity index (χ3v) is 4.11. The van der Waals surface area contributed by atoms with E-state index in [0.29, 0.717) is 11.4 Å². The van der Waals surface area contributed by atoms with Gasteiger partial charge in [-0.1, -0.05) is 0 Å². The zero-order chi connectivity index (χ0) is 13.2. The van der Waals surface area contributed by atoms with Crippen LogP contribution in [0.25, 0.3) is 0 Å². The molecule has 0 aliphatic rings. The molecule has 0 heterocycles. The largest absolute Gasteiger partial charge is 0.495 e. The number of hydrogen-bond acceptors (Lipinski definition) is 5. The number of benzene rings is 1. The second kappa shape index (κ2) is 4.80. The van der Waals surface area contributed by atoms with Crippen LogP contribution in [0.3, 0.4) is 0 Å². The Balaban J connectivity index is 3.52. The molecule has 0 bridgehead atoms. The summed E-state index contributed by atoms with van der Waals surface area (Å²) in [5.41, 5.74) is 6.00. The molecule has 0 unspecified atom stereocenters. The van der Waals surface area contributed by atoms with Crippen LogP contribution >= 0.6 is 0 Å². The van der Waals surface area contributed by atoms with Crippen LogP contribution < -0.4 is 15.2 Å². The van der Waals surface area contributed by atoms with Crippen molar-refractivity contribution in [2.24, 2.45) is 0 Å². The molecule has 6 nitrogen and oxygen atoms in total. The quantitative estimate of drug-likeness (QED) is 0.799. The van der Waals surface area contributed by atoms with E-state index >= 15 is 0 Å². The molecule has 1 rings (SSSR count). The van der Waals surface area contributed by atoms with Crippen molar-refractivity contribution in [1.29, 1.82) is 0 Å². The van der Waals surface area contributed by atoms with Gasteiger partial charge in [-0.15, -0.1) is 0 Å². The molecule has 0 saturated carbocycles. The number of rotatable bonds is 4. The zero-order valence-electron chi connectivity index (χ0n) is 10.2. The minimum Gasteiger partial charge on any atom is -0.495 e. The summed E-state index contributed by atoms with van der Waals surface area (Å²) in [6.45, 7) is 0. The maximum absolute atomic E-state index is 12.0. The average Bonchev–Trinajstić information content (AvgIpc) is 2.27. The van der Waals surface area contributed by atoms with Gasteiger partial charge in [-0.2, -0.15) is 0 Å². The summed E-state index contributed by atoms with van der Waals surface area (Å²) in [7, 11) is 2.09. The highest BCUT2D eigenvalue weighted by molar-refractivity contribution is 7.89. The number of nitrogens with zero attached hydrogens (tertiary/aromatic N) is 1. The number of sulfonamides is 1. The molecule has 0 aliphatic heterocycles. The molecule has 17 heavy (non-hydrogen) atoms. The lowest BCUT2D eigenvalue weighted by atomic mass is 10.3. The average molecular weight is 260 g/mol. The summed E-state index contributed by atoms with van der Waals surface area (Å²) >= 11 is 0. The summed E-state index contributed by atoms with van der Waals surface area (Å²) < 4.78 is 35.2. The molecule has 96 valence electrons. The van der Waals surface area contributed by atoms with Crippen LogP contribution in [0.1, 0.15) is 0 Å². The summed E-state index contributed by atoms with van der Waals surface area (Å²) in [6.07, 6.45) is 0. The zero-order valence-corrected chi connectivity index (χ0v) is 11.0. The number of ether oxygens (including phenoxy) is 2. The highest BCUT2D eigenvalue weighted by Crippen LogP contribution is 2.34. The molecular weight excluding hydrogens is 244 g/mol. The van der Waals surface area contributed by atoms with Crippen LogP contribution in [-0.2, 0) is 10.0 Å². The van der Waals surface area contributed by atoms with Crippen LogP contribution in [0, 0.1) is 0 Å². The fourth-order valence-electron chi connectivity index (χ4n) is 1.29. The van der Waals surface area contributed by atoms with Crippen molar-refractivity contribution in [2.45, 2.75) is 4.90 Å². The van der Waals surface area contributed by atoms with Crippen molar-refractivity contribution in [3.63, 3.8) is 0 Å². The Morgan fingerprint density at radius 1 is 1.12 bits per heavy atom. The molecule has 0 spiro atoms. The van der Waals surface area contributed by atoms with Crippen molar-refractivity contribution in [3.8, 4) is 11.5 Å². The molecule has 0 aliphatic carbocycles. The molecule has 0 radical (unpaired) electrons. The Morgan fingerprint density at radius 2 is 1.65 bits per heavy atom. The highest BCUT2D eigenvalue weighted by atomic mass is 32.2. The Labute approximate surface area is 101 Å². The van der Waals surface area contributed by atoms with E-state index in [9.17, 15) is 8.42 Å². The first kappa shape index (κ1) is 13.6. The Bertz CT molecular complexity index is 511. The van der Waals surface area contributed by atoms with Crippen LogP contribution in [0.2, 0.25) is 0 Å². The fraction of sp³-hybridized carbons (Fsp3) is 0.400. The van der Waals surface area contributed by atoms with E-state index in [2.05, 4.69) is 0 Å². The van der Waals surface area contributed by atoms with E-state index in [1.165, 1.54) is 40.4 Å². The fourth-order valence-corrected chi connectivity index (χ4v) is 2.34. The van der Waals surface area contributed by atoms with Gasteiger partial charge >= 0.3 is 0 Å². The molecule has 0 saturated heterocycles. The number of anilines is 1. The summed E-state index contributed by atoms with van der Waals surface area (Å²) in [5, 5.41) is 0. The van der Waals surface area contributed by atoms with Crippen molar-refractivity contribution in [1.82, 2.24) is 4.31 Å². The number of methoxy groups -OCH3 is 2. The lowest BCUT2D eigenvalue weighted by molar-refractivity contribution is 0.391. The molecule has 1 aromatic rings. The van der Waals surface area contributed by atoms with Crippen LogP contribution in [-0.4, -0.2) is 41.0 Å². The summed E-state index contributed by atoms with van der Waals surface area (Å²) in [5.74, 6) is 0.489. The van der Waals surface area contributed by atoms with E-state index in [-0.39, 0.29) is 10.6 Å². The van der Waals surface area contributed by atoms with Gasteiger partial charge in [-0.05, 0) is 0 Å². The van der Waals surface area contributed by atoms with E-state index in [1.54, 1.807) is 0 Å². The van der Waals surface area contributed by atoms with Gasteiger partial charge in [0.05, 0.1) is 19.9 Å². The van der Waals surface area contributed by atoms with E-state index in [0.717, 1.165) is 4.31 Å². The Kier molecular flexibility index (Phi) is 3.84. The van der Waals surface area contributed by atoms with Crippen molar-refractivity contribution in [2.75, 3.05) is 34.0 Å². The van der Waals surface area contributed by atoms with Crippen LogP contribution in [0.4, 0.5) is 5.69 Å². The molecule has 1 aromatic carbocycles. The highest BCUT2D eigenvalue weighted by Gasteiger charge is 2.24. The number of nitrogens with two attached hydrogens (primary N) is 1. The Morgan fingerprint density at radius 3 is 2.06 bits per heavy atom. The molecule has 2 N–H and O–H groups in total. The van der Waals surface area contributed by atoms with Gasteiger partial charge in [0.2, 0.25) is 10.0 Å². The van der Waals surface area contributed by atoms with Crippen molar-refractivity contribution < 1.29 is 17.9 Å². The monoisotopic (exact) mass is 260 g/mol. The minimum atomic E-state index is -3.60. The number of nitrogen functional groups attached to an aromatic ring is 1. The van der Waals surface area contributed by atoms with E-state index in [4.69, 9.17) is 15.2 Å². The van der Waals surface area contributed by atoms with Gasteiger partial charge in [0.25, 0.3) is 0 Å². The maximum atomic E-state index is 12.0. The number of hydrogen-bond donors (Lipinski definition) is 1. The lowest BCUT2D eigenvalue weighted by Crippen LogP contribution is -2.23. The second-order valence-electron chi connectivity index (χ2n) is 3.53. The van der Waals surface area contributed by atoms with Crippen molar-refractivity contribution in [3.05, 3.63) is 12.1 Å². The van der Waals surface area contributed by atoms with E-state index < -0.39 is 10.0 Å². The standard InChI is InChI=1S/C10H16N2O4S/c1-12(2)17(13,14)10-6-8(15-3)7(11)5-9(10)16-4/h5-6H,11H2,1-4H3. The van der Waals surface area contributed by atoms with E-state index in [1.807, 2.05) is 0 Å². The Hall–Kier alpha value is -1.47. The molecule has 0 amide bonds. The predicted molar refractivity (Wildman–Crippen MR) is 64.8 cm³/mol. The van der Waals surface area contributed by atoms with Gasteiger partial charge in [-0.3, -0.25) is 0 Å². The van der Waals surface area contributed by atoms with Crippen LogP contribution in [0.15, 0.2) is 17.0 Å². The van der Waals surface area contributed by atoms with Gasteiger partial charge in [-0.25, -0.2) is 12.7 Å². The normalized spacial score (nSPS) is 11.6. The topological polar surface area (TPSA) is 81.9 Å². The first-order chi connectivity index (χ1) is 7.84. The molecule has 0 aromatic heterocycles. The first-order valence-electron chi connectivity index (χ1n) is 4.78. The smallest absolute Gasteiger partial charge is 0.246 e. The summed E-state index contributed by atoms with van der Waals surface area (Å²) in [4.78, 5) is 0.0241. The second-order valence-corrected chi connectivity index (χ2v) is 5.65. The minimum absolute atomic E-state index is 0.0241.